The van der Waals surface area contributed by atoms with Gasteiger partial charge < -0.3 is 23.8 Å². The van der Waals surface area contributed by atoms with Crippen molar-refractivity contribution in [3.05, 3.63) is 54.1 Å². The van der Waals surface area contributed by atoms with Gasteiger partial charge in [0.05, 0.1) is 44.2 Å². The molecule has 0 spiro atoms. The molecule has 31 heavy (non-hydrogen) atoms. The molecule has 0 saturated heterocycles. The van der Waals surface area contributed by atoms with Crippen molar-refractivity contribution in [3.63, 3.8) is 0 Å². The van der Waals surface area contributed by atoms with E-state index < -0.39 is 0 Å². The van der Waals surface area contributed by atoms with Crippen molar-refractivity contribution in [2.24, 2.45) is 0 Å². The highest BCUT2D eigenvalue weighted by Crippen LogP contribution is 2.33. The highest BCUT2D eigenvalue weighted by Gasteiger charge is 2.20. The Morgan fingerprint density at radius 3 is 2.19 bits per heavy atom. The number of methoxy groups -OCH3 is 4. The van der Waals surface area contributed by atoms with E-state index in [1.807, 2.05) is 48.5 Å². The normalized spacial score (nSPS) is 10.8. The summed E-state index contributed by atoms with van der Waals surface area (Å²) >= 11 is 0. The summed E-state index contributed by atoms with van der Waals surface area (Å²) in [5.74, 6) is 1.15. The second-order valence-corrected chi connectivity index (χ2v) is 6.92. The van der Waals surface area contributed by atoms with Crippen LogP contribution in [0.4, 0.5) is 0 Å². The Hall–Kier alpha value is -3.16. The largest absolute Gasteiger partial charge is 0.493 e. The van der Waals surface area contributed by atoms with Crippen LogP contribution < -0.4 is 9.47 Å². The Morgan fingerprint density at radius 2 is 1.55 bits per heavy atom. The SMILES string of the molecule is COCCN(CCOC)C(=O)c1cc(-c2ccc(OC)c(OC)c2)nc2ccccc12. The molecule has 0 fully saturated rings. The summed E-state index contributed by atoms with van der Waals surface area (Å²) in [7, 11) is 6.43. The van der Waals surface area contributed by atoms with Crippen LogP contribution >= 0.6 is 0 Å². The molecular formula is C24H28N2O5. The number of ether oxygens (including phenoxy) is 4. The molecule has 1 aromatic heterocycles. The maximum Gasteiger partial charge on any atom is 0.254 e. The number of carbonyl (C=O) groups excluding carboxylic acids is 1. The third kappa shape index (κ3) is 5.13. The minimum absolute atomic E-state index is 0.0885. The Bertz CT molecular complexity index is 1030. The van der Waals surface area contributed by atoms with Crippen LogP contribution in [0, 0.1) is 0 Å². The lowest BCUT2D eigenvalue weighted by Crippen LogP contribution is -2.36. The third-order valence-corrected chi connectivity index (χ3v) is 5.04. The van der Waals surface area contributed by atoms with Gasteiger partial charge in [-0.25, -0.2) is 4.98 Å². The Labute approximate surface area is 182 Å². The lowest BCUT2D eigenvalue weighted by molar-refractivity contribution is 0.0629. The van der Waals surface area contributed by atoms with Gasteiger partial charge in [-0.15, -0.1) is 0 Å². The minimum Gasteiger partial charge on any atom is -0.493 e. The van der Waals surface area contributed by atoms with E-state index in [9.17, 15) is 4.79 Å². The van der Waals surface area contributed by atoms with E-state index in [0.29, 0.717) is 49.1 Å². The Morgan fingerprint density at radius 1 is 0.871 bits per heavy atom. The molecule has 164 valence electrons. The lowest BCUT2D eigenvalue weighted by Gasteiger charge is -2.23. The van der Waals surface area contributed by atoms with E-state index in [2.05, 4.69) is 0 Å². The highest BCUT2D eigenvalue weighted by molar-refractivity contribution is 6.07. The van der Waals surface area contributed by atoms with Crippen molar-refractivity contribution < 1.29 is 23.7 Å². The second-order valence-electron chi connectivity index (χ2n) is 6.92. The van der Waals surface area contributed by atoms with Crippen molar-refractivity contribution in [1.82, 2.24) is 9.88 Å². The number of carbonyl (C=O) groups is 1. The first-order chi connectivity index (χ1) is 15.1. The van der Waals surface area contributed by atoms with Gasteiger partial charge in [0.1, 0.15) is 0 Å². The van der Waals surface area contributed by atoms with E-state index in [4.69, 9.17) is 23.9 Å². The summed E-state index contributed by atoms with van der Waals surface area (Å²) in [6, 6.07) is 15.1. The Balaban J connectivity index is 2.10. The molecule has 1 amide bonds. The molecule has 3 aromatic rings. The third-order valence-electron chi connectivity index (χ3n) is 5.04. The number of pyridine rings is 1. The van der Waals surface area contributed by atoms with Gasteiger partial charge in [-0.2, -0.15) is 0 Å². The number of para-hydroxylation sites is 1. The van der Waals surface area contributed by atoms with Crippen molar-refractivity contribution in [3.8, 4) is 22.8 Å². The molecule has 0 aliphatic heterocycles. The molecule has 0 unspecified atom stereocenters. The first-order valence-corrected chi connectivity index (χ1v) is 10.0. The molecule has 1 heterocycles. The van der Waals surface area contributed by atoms with Crippen molar-refractivity contribution >= 4 is 16.8 Å². The molecule has 0 atom stereocenters. The number of nitrogens with zero attached hydrogens (tertiary/aromatic N) is 2. The second kappa shape index (κ2) is 10.7. The predicted octanol–water partition coefficient (Wildman–Crippen LogP) is 3.65. The van der Waals surface area contributed by atoms with Crippen LogP contribution in [0.1, 0.15) is 10.4 Å². The quantitative estimate of drug-likeness (QED) is 0.495. The van der Waals surface area contributed by atoms with Crippen LogP contribution in [0.5, 0.6) is 11.5 Å². The lowest BCUT2D eigenvalue weighted by atomic mass is 10.0. The number of hydrogen-bond acceptors (Lipinski definition) is 6. The highest BCUT2D eigenvalue weighted by atomic mass is 16.5. The number of rotatable bonds is 10. The van der Waals surface area contributed by atoms with Gasteiger partial charge in [-0.3, -0.25) is 4.79 Å². The van der Waals surface area contributed by atoms with E-state index >= 15 is 0 Å². The molecule has 0 radical (unpaired) electrons. The van der Waals surface area contributed by atoms with Crippen LogP contribution in [0.2, 0.25) is 0 Å². The zero-order valence-corrected chi connectivity index (χ0v) is 18.4. The molecular weight excluding hydrogens is 396 g/mol. The maximum absolute atomic E-state index is 13.5. The molecule has 0 bridgehead atoms. The first kappa shape index (κ1) is 22.5. The van der Waals surface area contributed by atoms with Gasteiger partial charge in [-0.1, -0.05) is 18.2 Å². The van der Waals surface area contributed by atoms with Crippen molar-refractivity contribution in [2.45, 2.75) is 0 Å². The summed E-state index contributed by atoms with van der Waals surface area (Å²) in [5, 5.41) is 0.802. The topological polar surface area (TPSA) is 70.1 Å². The summed E-state index contributed by atoms with van der Waals surface area (Å²) in [6.45, 7) is 1.84. The van der Waals surface area contributed by atoms with Crippen LogP contribution in [-0.4, -0.2) is 70.5 Å². The fraction of sp³-hybridized carbons (Fsp3) is 0.333. The standard InChI is InChI=1S/C24H28N2O5/c1-28-13-11-26(12-14-29-2)24(27)19-16-21(25-20-8-6-5-7-18(19)20)17-9-10-22(30-3)23(15-17)31-4/h5-10,15-16H,11-14H2,1-4H3. The average molecular weight is 424 g/mol. The molecule has 0 N–H and O–H groups in total. The van der Waals surface area contributed by atoms with E-state index in [0.717, 1.165) is 16.5 Å². The van der Waals surface area contributed by atoms with Gasteiger partial charge in [0.2, 0.25) is 0 Å². The molecule has 7 heteroatoms. The number of hydrogen-bond donors (Lipinski definition) is 0. The van der Waals surface area contributed by atoms with Crippen LogP contribution in [-0.2, 0) is 9.47 Å². The van der Waals surface area contributed by atoms with Crippen LogP contribution in [0.25, 0.3) is 22.2 Å². The number of fused-ring (bicyclic) bond motifs is 1. The van der Waals surface area contributed by atoms with Crippen LogP contribution in [0.15, 0.2) is 48.5 Å². The summed E-state index contributed by atoms with van der Waals surface area (Å²) in [6.07, 6.45) is 0. The summed E-state index contributed by atoms with van der Waals surface area (Å²) < 4.78 is 21.2. The number of benzene rings is 2. The molecule has 3 rings (SSSR count). The van der Waals surface area contributed by atoms with E-state index in [1.54, 1.807) is 33.3 Å². The van der Waals surface area contributed by atoms with Gasteiger partial charge in [0, 0.05) is 38.3 Å². The summed E-state index contributed by atoms with van der Waals surface area (Å²) in [5.41, 5.74) is 2.85. The van der Waals surface area contributed by atoms with Gasteiger partial charge in [0.15, 0.2) is 11.5 Å². The zero-order chi connectivity index (χ0) is 22.2. The van der Waals surface area contributed by atoms with Gasteiger partial charge in [-0.05, 0) is 30.3 Å². The molecule has 2 aromatic carbocycles. The maximum atomic E-state index is 13.5. The fourth-order valence-corrected chi connectivity index (χ4v) is 3.38. The molecule has 0 aliphatic carbocycles. The smallest absolute Gasteiger partial charge is 0.254 e. The Kier molecular flexibility index (Phi) is 7.81. The van der Waals surface area contributed by atoms with Gasteiger partial charge >= 0.3 is 0 Å². The number of amides is 1. The summed E-state index contributed by atoms with van der Waals surface area (Å²) in [4.78, 5) is 20.0. The predicted molar refractivity (Wildman–Crippen MR) is 120 cm³/mol. The van der Waals surface area contributed by atoms with E-state index in [1.165, 1.54) is 0 Å². The monoisotopic (exact) mass is 424 g/mol. The van der Waals surface area contributed by atoms with Crippen LogP contribution in [0.3, 0.4) is 0 Å². The fourth-order valence-electron chi connectivity index (χ4n) is 3.38. The number of aromatic nitrogens is 1. The molecule has 7 nitrogen and oxygen atoms in total. The molecule has 0 saturated carbocycles. The zero-order valence-electron chi connectivity index (χ0n) is 18.4. The first-order valence-electron chi connectivity index (χ1n) is 10.0. The molecule has 0 aliphatic rings. The van der Waals surface area contributed by atoms with Crippen molar-refractivity contribution in [1.29, 1.82) is 0 Å². The minimum atomic E-state index is -0.0885. The average Bonchev–Trinajstić information content (AvgIpc) is 2.82. The van der Waals surface area contributed by atoms with Crippen molar-refractivity contribution in [2.75, 3.05) is 54.7 Å². The van der Waals surface area contributed by atoms with E-state index in [-0.39, 0.29) is 5.91 Å². The van der Waals surface area contributed by atoms with Gasteiger partial charge in [0.25, 0.3) is 5.91 Å².